The number of rotatable bonds is 6. The first kappa shape index (κ1) is 14.1. The Kier molecular flexibility index (Phi) is 5.94. The molecule has 0 spiro atoms. The molecule has 0 aromatic carbocycles. The van der Waals surface area contributed by atoms with Crippen molar-refractivity contribution in [3.63, 3.8) is 0 Å². The van der Waals surface area contributed by atoms with Gasteiger partial charge in [0.05, 0.1) is 5.70 Å². The number of allylic oxidation sites excluding steroid dienone is 2. The van der Waals surface area contributed by atoms with E-state index in [1.807, 2.05) is 14.0 Å². The first-order chi connectivity index (χ1) is 7.63. The lowest BCUT2D eigenvalue weighted by Gasteiger charge is -2.21. The van der Waals surface area contributed by atoms with Gasteiger partial charge in [0.25, 0.3) is 6.41 Å². The molecule has 2 atom stereocenters. The molecule has 5 heteroatoms. The van der Waals surface area contributed by atoms with Crippen molar-refractivity contribution in [1.29, 1.82) is 0 Å². The molecular formula is C11H19BrClNO2. The van der Waals surface area contributed by atoms with Gasteiger partial charge < -0.3 is 14.7 Å². The maximum atomic E-state index is 9.61. The van der Waals surface area contributed by atoms with Gasteiger partial charge in [-0.2, -0.15) is 0 Å². The lowest BCUT2D eigenvalue weighted by molar-refractivity contribution is -0.122. The molecule has 0 bridgehead atoms. The Morgan fingerprint density at radius 2 is 2.31 bits per heavy atom. The Balaban J connectivity index is 2.68. The van der Waals surface area contributed by atoms with E-state index in [4.69, 9.17) is 16.3 Å². The Morgan fingerprint density at radius 1 is 1.62 bits per heavy atom. The van der Waals surface area contributed by atoms with Gasteiger partial charge in [0, 0.05) is 24.7 Å². The molecule has 1 rings (SSSR count). The summed E-state index contributed by atoms with van der Waals surface area (Å²) >= 11 is 9.26. The van der Waals surface area contributed by atoms with E-state index < -0.39 is 6.41 Å². The summed E-state index contributed by atoms with van der Waals surface area (Å²) in [6, 6.07) is 0. The van der Waals surface area contributed by atoms with Crippen molar-refractivity contribution in [2.75, 3.05) is 18.3 Å². The molecule has 1 aliphatic heterocycles. The van der Waals surface area contributed by atoms with Gasteiger partial charge in [-0.25, -0.2) is 0 Å². The zero-order chi connectivity index (χ0) is 12.1. The minimum absolute atomic E-state index is 0.491. The SMILES string of the molecule is CCC1=C(CC(CBr)CCCl)N(C)C(O)O1. The average Bonchev–Trinajstić information content (AvgIpc) is 2.55. The molecule has 94 valence electrons. The zero-order valence-electron chi connectivity index (χ0n) is 9.75. The zero-order valence-corrected chi connectivity index (χ0v) is 12.1. The monoisotopic (exact) mass is 311 g/mol. The summed E-state index contributed by atoms with van der Waals surface area (Å²) in [5.74, 6) is 2.05. The van der Waals surface area contributed by atoms with Crippen LogP contribution in [0.3, 0.4) is 0 Å². The third-order valence-corrected chi connectivity index (χ3v) is 4.00. The second-order valence-electron chi connectivity index (χ2n) is 3.98. The second kappa shape index (κ2) is 6.72. The Hall–Kier alpha value is 0.0700. The molecule has 1 N–H and O–H groups in total. The highest BCUT2D eigenvalue weighted by Crippen LogP contribution is 2.31. The summed E-state index contributed by atoms with van der Waals surface area (Å²) in [6.07, 6.45) is 1.86. The minimum atomic E-state index is -0.822. The predicted molar refractivity (Wildman–Crippen MR) is 69.4 cm³/mol. The highest BCUT2D eigenvalue weighted by molar-refractivity contribution is 9.09. The smallest absolute Gasteiger partial charge is 0.280 e. The van der Waals surface area contributed by atoms with Gasteiger partial charge in [0.2, 0.25) is 0 Å². The normalized spacial score (nSPS) is 22.6. The number of nitrogens with zero attached hydrogens (tertiary/aromatic N) is 1. The van der Waals surface area contributed by atoms with E-state index in [1.54, 1.807) is 4.90 Å². The van der Waals surface area contributed by atoms with Crippen LogP contribution >= 0.6 is 27.5 Å². The summed E-state index contributed by atoms with van der Waals surface area (Å²) in [5, 5.41) is 10.5. The fourth-order valence-electron chi connectivity index (χ4n) is 1.81. The molecule has 0 saturated heterocycles. The Bertz CT molecular complexity index is 260. The van der Waals surface area contributed by atoms with Crippen LogP contribution in [0.15, 0.2) is 11.5 Å². The highest BCUT2D eigenvalue weighted by atomic mass is 79.9. The molecule has 0 aromatic rings. The topological polar surface area (TPSA) is 32.7 Å². The number of hydrogen-bond acceptors (Lipinski definition) is 3. The third-order valence-electron chi connectivity index (χ3n) is 2.87. The van der Waals surface area contributed by atoms with Crippen LogP contribution < -0.4 is 0 Å². The van der Waals surface area contributed by atoms with Gasteiger partial charge in [-0.3, -0.25) is 0 Å². The first-order valence-electron chi connectivity index (χ1n) is 5.55. The van der Waals surface area contributed by atoms with Crippen molar-refractivity contribution in [1.82, 2.24) is 4.90 Å². The molecule has 3 nitrogen and oxygen atoms in total. The first-order valence-corrected chi connectivity index (χ1v) is 7.21. The van der Waals surface area contributed by atoms with Crippen LogP contribution in [-0.4, -0.2) is 34.7 Å². The molecule has 0 radical (unpaired) electrons. The number of hydrogen-bond donors (Lipinski definition) is 1. The molecule has 16 heavy (non-hydrogen) atoms. The van der Waals surface area contributed by atoms with Gasteiger partial charge in [-0.15, -0.1) is 11.6 Å². The molecule has 0 amide bonds. The highest BCUT2D eigenvalue weighted by Gasteiger charge is 2.29. The van der Waals surface area contributed by atoms with E-state index in [0.29, 0.717) is 11.8 Å². The van der Waals surface area contributed by atoms with Crippen LogP contribution in [0.5, 0.6) is 0 Å². The van der Waals surface area contributed by atoms with E-state index in [0.717, 1.165) is 36.0 Å². The number of aliphatic hydroxyl groups is 1. The fourth-order valence-corrected chi connectivity index (χ4v) is 2.67. The van der Waals surface area contributed by atoms with E-state index in [9.17, 15) is 5.11 Å². The summed E-state index contributed by atoms with van der Waals surface area (Å²) in [5.41, 5.74) is 1.10. The van der Waals surface area contributed by atoms with Gasteiger partial charge in [-0.1, -0.05) is 22.9 Å². The number of aliphatic hydroxyl groups excluding tert-OH is 1. The number of halogens is 2. The van der Waals surface area contributed by atoms with E-state index in [-0.39, 0.29) is 0 Å². The predicted octanol–water partition coefficient (Wildman–Crippen LogP) is 2.88. The summed E-state index contributed by atoms with van der Waals surface area (Å²) in [4.78, 5) is 1.79. The number of alkyl halides is 2. The fraction of sp³-hybridized carbons (Fsp3) is 0.818. The molecule has 2 unspecified atom stereocenters. The van der Waals surface area contributed by atoms with E-state index in [2.05, 4.69) is 15.9 Å². The standard InChI is InChI=1S/C11H19BrClNO2/c1-3-10-9(14(2)11(15)16-10)6-8(7-12)4-5-13/h8,11,15H,3-7H2,1-2H3. The molecular weight excluding hydrogens is 293 g/mol. The van der Waals surface area contributed by atoms with Crippen LogP contribution in [0, 0.1) is 5.92 Å². The summed E-state index contributed by atoms with van der Waals surface area (Å²) < 4.78 is 5.37. The third kappa shape index (κ3) is 3.28. The summed E-state index contributed by atoms with van der Waals surface area (Å²) in [7, 11) is 1.86. The number of ether oxygens (including phenoxy) is 1. The van der Waals surface area contributed by atoms with Crippen LogP contribution in [0.4, 0.5) is 0 Å². The minimum Gasteiger partial charge on any atom is -0.449 e. The summed E-state index contributed by atoms with van der Waals surface area (Å²) in [6.45, 7) is 2.03. The van der Waals surface area contributed by atoms with Crippen LogP contribution in [0.2, 0.25) is 0 Å². The molecule has 0 saturated carbocycles. The van der Waals surface area contributed by atoms with Crippen molar-refractivity contribution in [2.24, 2.45) is 5.92 Å². The maximum absolute atomic E-state index is 9.61. The van der Waals surface area contributed by atoms with E-state index in [1.165, 1.54) is 0 Å². The van der Waals surface area contributed by atoms with Gasteiger partial charge in [0.1, 0.15) is 5.76 Å². The lowest BCUT2D eigenvalue weighted by Crippen LogP contribution is -2.27. The van der Waals surface area contributed by atoms with E-state index >= 15 is 0 Å². The largest absolute Gasteiger partial charge is 0.449 e. The molecule has 1 heterocycles. The molecule has 0 aromatic heterocycles. The molecule has 0 fully saturated rings. The Morgan fingerprint density at radius 3 is 2.81 bits per heavy atom. The van der Waals surface area contributed by atoms with Gasteiger partial charge in [0.15, 0.2) is 0 Å². The van der Waals surface area contributed by atoms with Crippen molar-refractivity contribution >= 4 is 27.5 Å². The van der Waals surface area contributed by atoms with Gasteiger partial charge >= 0.3 is 0 Å². The molecule has 1 aliphatic rings. The average molecular weight is 313 g/mol. The van der Waals surface area contributed by atoms with Crippen molar-refractivity contribution in [3.8, 4) is 0 Å². The Labute approximate surface area is 111 Å². The van der Waals surface area contributed by atoms with Crippen molar-refractivity contribution in [2.45, 2.75) is 32.6 Å². The quantitative estimate of drug-likeness (QED) is 0.766. The van der Waals surface area contributed by atoms with Crippen molar-refractivity contribution < 1.29 is 9.84 Å². The van der Waals surface area contributed by atoms with Crippen molar-refractivity contribution in [3.05, 3.63) is 11.5 Å². The second-order valence-corrected chi connectivity index (χ2v) is 5.01. The molecule has 0 aliphatic carbocycles. The van der Waals surface area contributed by atoms with Crippen LogP contribution in [-0.2, 0) is 4.74 Å². The van der Waals surface area contributed by atoms with Crippen LogP contribution in [0.1, 0.15) is 26.2 Å². The van der Waals surface area contributed by atoms with Crippen LogP contribution in [0.25, 0.3) is 0 Å². The lowest BCUT2D eigenvalue weighted by atomic mass is 10.0. The maximum Gasteiger partial charge on any atom is 0.280 e. The van der Waals surface area contributed by atoms with Gasteiger partial charge in [-0.05, 0) is 18.8 Å².